The Balaban J connectivity index is 1.32. The summed E-state index contributed by atoms with van der Waals surface area (Å²) in [7, 11) is 0. The molecule has 9 heteroatoms. The number of benzene rings is 2. The van der Waals surface area contributed by atoms with Crippen molar-refractivity contribution in [1.82, 2.24) is 14.9 Å². The molecule has 3 fully saturated rings. The number of nitrogens with zero attached hydrogens (tertiary/aromatic N) is 3. The van der Waals surface area contributed by atoms with Crippen LogP contribution < -0.4 is 0 Å². The molecule has 0 N–H and O–H groups in total. The van der Waals surface area contributed by atoms with E-state index in [0.29, 0.717) is 37.9 Å². The van der Waals surface area contributed by atoms with Crippen molar-refractivity contribution in [2.24, 2.45) is 5.41 Å². The summed E-state index contributed by atoms with van der Waals surface area (Å²) in [4.78, 5) is 27.6. The van der Waals surface area contributed by atoms with E-state index in [-0.39, 0.29) is 24.6 Å². The Labute approximate surface area is 182 Å². The number of halogens is 4. The van der Waals surface area contributed by atoms with Crippen molar-refractivity contribution < 1.29 is 27.2 Å². The molecule has 0 bridgehead atoms. The topological polar surface area (TPSA) is 43.9 Å². The standard InChI is InChI=1S/C23H21F4N3O2/c24-15-1-2-19(27)18(12-15)21(31)28-7-4-23(5-8-28)13-29-6-3-20(30(29)22(23)32)14-9-16(25)11-17(26)10-14/h1-2,9-12,20H,3-8,13H2/t20-/m0/s1. The lowest BCUT2D eigenvalue weighted by Crippen LogP contribution is -2.48. The van der Waals surface area contributed by atoms with Gasteiger partial charge < -0.3 is 4.90 Å². The highest BCUT2D eigenvalue weighted by molar-refractivity contribution is 5.95. The smallest absolute Gasteiger partial charge is 0.256 e. The third kappa shape index (κ3) is 3.35. The fourth-order valence-electron chi connectivity index (χ4n) is 5.20. The molecule has 32 heavy (non-hydrogen) atoms. The van der Waals surface area contributed by atoms with Gasteiger partial charge in [-0.2, -0.15) is 0 Å². The molecule has 0 unspecified atom stereocenters. The summed E-state index contributed by atoms with van der Waals surface area (Å²) in [6, 6.07) is 5.63. The zero-order valence-corrected chi connectivity index (χ0v) is 17.2. The average molecular weight is 447 g/mol. The van der Waals surface area contributed by atoms with Gasteiger partial charge in [0, 0.05) is 32.2 Å². The maximum atomic E-state index is 14.0. The third-order valence-corrected chi connectivity index (χ3v) is 6.84. The number of amides is 2. The van der Waals surface area contributed by atoms with Crippen LogP contribution in [-0.4, -0.2) is 52.9 Å². The van der Waals surface area contributed by atoms with Gasteiger partial charge in [0.1, 0.15) is 23.3 Å². The first-order valence-electron chi connectivity index (χ1n) is 10.6. The van der Waals surface area contributed by atoms with Crippen molar-refractivity contribution in [2.45, 2.75) is 25.3 Å². The van der Waals surface area contributed by atoms with Crippen molar-refractivity contribution in [3.8, 4) is 0 Å². The van der Waals surface area contributed by atoms with E-state index in [9.17, 15) is 27.2 Å². The average Bonchev–Trinajstić information content (AvgIpc) is 3.27. The Bertz CT molecular complexity index is 1080. The van der Waals surface area contributed by atoms with E-state index in [1.165, 1.54) is 17.0 Å². The Hall–Kier alpha value is -2.94. The van der Waals surface area contributed by atoms with Gasteiger partial charge >= 0.3 is 0 Å². The maximum Gasteiger partial charge on any atom is 0.256 e. The number of carbonyl (C=O) groups is 2. The van der Waals surface area contributed by atoms with Crippen molar-refractivity contribution in [3.63, 3.8) is 0 Å². The van der Waals surface area contributed by atoms with E-state index >= 15 is 0 Å². The minimum absolute atomic E-state index is 0.117. The summed E-state index contributed by atoms with van der Waals surface area (Å²) < 4.78 is 55.0. The van der Waals surface area contributed by atoms with Crippen molar-refractivity contribution in [2.75, 3.05) is 26.2 Å². The summed E-state index contributed by atoms with van der Waals surface area (Å²) in [5, 5.41) is 3.53. The van der Waals surface area contributed by atoms with E-state index in [0.717, 1.165) is 24.3 Å². The summed E-state index contributed by atoms with van der Waals surface area (Å²) >= 11 is 0. The molecule has 3 heterocycles. The molecule has 0 radical (unpaired) electrons. The largest absolute Gasteiger partial charge is 0.338 e. The van der Waals surface area contributed by atoms with Crippen LogP contribution in [0.3, 0.4) is 0 Å². The molecular formula is C23H21F4N3O2. The maximum absolute atomic E-state index is 14.0. The molecule has 3 aliphatic rings. The van der Waals surface area contributed by atoms with Crippen LogP contribution in [0, 0.1) is 28.7 Å². The molecule has 5 rings (SSSR count). The van der Waals surface area contributed by atoms with E-state index in [2.05, 4.69) is 0 Å². The van der Waals surface area contributed by atoms with E-state index in [1.807, 2.05) is 5.01 Å². The van der Waals surface area contributed by atoms with Gasteiger partial charge in [0.25, 0.3) is 5.91 Å². The molecule has 3 saturated heterocycles. The van der Waals surface area contributed by atoms with E-state index < -0.39 is 40.6 Å². The first-order chi connectivity index (χ1) is 15.3. The molecule has 3 aliphatic heterocycles. The number of piperidine rings is 1. The van der Waals surface area contributed by atoms with Gasteiger partial charge in [0.05, 0.1) is 17.0 Å². The zero-order valence-electron chi connectivity index (χ0n) is 17.2. The summed E-state index contributed by atoms with van der Waals surface area (Å²) in [6.45, 7) is 1.53. The normalized spacial score (nSPS) is 22.6. The minimum Gasteiger partial charge on any atom is -0.338 e. The molecule has 168 valence electrons. The fraction of sp³-hybridized carbons (Fsp3) is 0.391. The molecule has 2 amide bonds. The number of hydrogen-bond acceptors (Lipinski definition) is 3. The lowest BCUT2D eigenvalue weighted by Gasteiger charge is -2.38. The van der Waals surface area contributed by atoms with Gasteiger partial charge in [0.2, 0.25) is 5.91 Å². The number of hydrogen-bond donors (Lipinski definition) is 0. The van der Waals surface area contributed by atoms with E-state index in [4.69, 9.17) is 0 Å². The van der Waals surface area contributed by atoms with E-state index in [1.54, 1.807) is 5.01 Å². The lowest BCUT2D eigenvalue weighted by atomic mass is 9.77. The Kier molecular flexibility index (Phi) is 4.96. The monoisotopic (exact) mass is 447 g/mol. The van der Waals surface area contributed by atoms with Gasteiger partial charge in [-0.15, -0.1) is 0 Å². The number of likely N-dealkylation sites (tertiary alicyclic amines) is 1. The molecule has 1 spiro atoms. The Morgan fingerprint density at radius 2 is 1.59 bits per heavy atom. The highest BCUT2D eigenvalue weighted by atomic mass is 19.1. The molecule has 0 saturated carbocycles. The van der Waals surface area contributed by atoms with Crippen molar-refractivity contribution in [1.29, 1.82) is 0 Å². The molecule has 2 aromatic rings. The Morgan fingerprint density at radius 3 is 2.28 bits per heavy atom. The van der Waals surface area contributed by atoms with Crippen LogP contribution in [0.1, 0.15) is 41.2 Å². The predicted molar refractivity (Wildman–Crippen MR) is 106 cm³/mol. The third-order valence-electron chi connectivity index (χ3n) is 6.84. The van der Waals surface area contributed by atoms with Crippen LogP contribution in [0.4, 0.5) is 17.6 Å². The van der Waals surface area contributed by atoms with Crippen LogP contribution in [0.25, 0.3) is 0 Å². The fourth-order valence-corrected chi connectivity index (χ4v) is 5.20. The van der Waals surface area contributed by atoms with Gasteiger partial charge in [-0.05, 0) is 55.2 Å². The number of rotatable bonds is 2. The molecule has 0 aromatic heterocycles. The Morgan fingerprint density at radius 1 is 0.906 bits per heavy atom. The quantitative estimate of drug-likeness (QED) is 0.660. The second-order valence-corrected chi connectivity index (χ2v) is 8.74. The second kappa shape index (κ2) is 7.58. The van der Waals surface area contributed by atoms with Crippen molar-refractivity contribution in [3.05, 3.63) is 70.8 Å². The highest BCUT2D eigenvalue weighted by Gasteiger charge is 2.56. The van der Waals surface area contributed by atoms with Crippen LogP contribution in [0.15, 0.2) is 36.4 Å². The summed E-state index contributed by atoms with van der Waals surface area (Å²) in [5.41, 5.74) is -0.609. The molecule has 0 aliphatic carbocycles. The second-order valence-electron chi connectivity index (χ2n) is 8.74. The SMILES string of the molecule is O=C(c1cc(F)ccc1F)N1CCC2(CC1)CN1CC[C@@H](c3cc(F)cc(F)c3)N1C2=O. The highest BCUT2D eigenvalue weighted by Crippen LogP contribution is 2.47. The van der Waals surface area contributed by atoms with Crippen molar-refractivity contribution >= 4 is 11.8 Å². The molecule has 2 aromatic carbocycles. The zero-order chi connectivity index (χ0) is 22.6. The van der Waals surface area contributed by atoms with Gasteiger partial charge in [-0.1, -0.05) is 0 Å². The van der Waals surface area contributed by atoms with Crippen LogP contribution in [0.2, 0.25) is 0 Å². The van der Waals surface area contributed by atoms with Crippen LogP contribution in [-0.2, 0) is 4.79 Å². The number of carbonyl (C=O) groups excluding carboxylic acids is 2. The molecule has 1 atom stereocenters. The number of fused-ring (bicyclic) bond motifs is 1. The van der Waals surface area contributed by atoms with Crippen LogP contribution in [0.5, 0.6) is 0 Å². The number of hydrazine groups is 1. The summed E-state index contributed by atoms with van der Waals surface area (Å²) in [5.74, 6) is -3.56. The van der Waals surface area contributed by atoms with Crippen LogP contribution >= 0.6 is 0 Å². The van der Waals surface area contributed by atoms with Gasteiger partial charge in [-0.25, -0.2) is 22.6 Å². The lowest BCUT2D eigenvalue weighted by molar-refractivity contribution is -0.144. The van der Waals surface area contributed by atoms with Gasteiger partial charge in [-0.3, -0.25) is 14.6 Å². The first-order valence-corrected chi connectivity index (χ1v) is 10.6. The predicted octanol–water partition coefficient (Wildman–Crippen LogP) is 3.67. The molecular weight excluding hydrogens is 426 g/mol. The summed E-state index contributed by atoms with van der Waals surface area (Å²) in [6.07, 6.45) is 1.34. The van der Waals surface area contributed by atoms with Gasteiger partial charge in [0.15, 0.2) is 0 Å². The first kappa shape index (κ1) is 20.9. The molecule has 5 nitrogen and oxygen atoms in total. The minimum atomic E-state index is -0.787.